The van der Waals surface area contributed by atoms with Crippen LogP contribution in [0.3, 0.4) is 0 Å². The zero-order valence-corrected chi connectivity index (χ0v) is 47.5. The van der Waals surface area contributed by atoms with Gasteiger partial charge in [-0.1, -0.05) is 216 Å². The normalized spacial score (nSPS) is 25.3. The van der Waals surface area contributed by atoms with Crippen LogP contribution in [0.25, 0.3) is 0 Å². The summed E-state index contributed by atoms with van der Waals surface area (Å²) in [6.45, 7) is 2.77. The maximum atomic E-state index is 13.3. The van der Waals surface area contributed by atoms with E-state index in [1.54, 1.807) is 6.08 Å². The van der Waals surface area contributed by atoms with Crippen LogP contribution in [0.4, 0.5) is 0 Å². The molecule has 2 saturated heterocycles. The molecule has 442 valence electrons. The van der Waals surface area contributed by atoms with Gasteiger partial charge in [-0.15, -0.1) is 0 Å². The number of amides is 1. The number of unbranched alkanes of at least 4 members (excludes halogenated alkanes) is 27. The van der Waals surface area contributed by atoms with E-state index in [0.29, 0.717) is 12.8 Å². The van der Waals surface area contributed by atoms with E-state index in [1.165, 1.54) is 148 Å². The first kappa shape index (κ1) is 69.8. The number of allylic oxidation sites excluding steroid dienone is 9. The Morgan fingerprint density at radius 3 is 1.38 bits per heavy atom. The molecule has 1 amide bonds. The fourth-order valence-corrected chi connectivity index (χ4v) is 9.73. The largest absolute Gasteiger partial charge is 0.394 e. The highest BCUT2D eigenvalue weighted by Gasteiger charge is 2.51. The second kappa shape index (κ2) is 47.5. The van der Waals surface area contributed by atoms with Crippen LogP contribution in [0.5, 0.6) is 0 Å². The van der Waals surface area contributed by atoms with Crippen LogP contribution in [-0.2, 0) is 23.7 Å². The van der Waals surface area contributed by atoms with Crippen molar-refractivity contribution in [3.05, 3.63) is 60.8 Å². The highest BCUT2D eigenvalue weighted by molar-refractivity contribution is 5.76. The van der Waals surface area contributed by atoms with E-state index < -0.39 is 86.8 Å². The molecule has 0 radical (unpaired) electrons. The summed E-state index contributed by atoms with van der Waals surface area (Å²) in [5.74, 6) is -0.257. The fraction of sp³-hybridized carbons (Fsp3) is 0.823. The van der Waals surface area contributed by atoms with Gasteiger partial charge in [-0.3, -0.25) is 4.79 Å². The van der Waals surface area contributed by atoms with Crippen molar-refractivity contribution in [3.8, 4) is 0 Å². The van der Waals surface area contributed by atoms with Crippen LogP contribution in [0.1, 0.15) is 232 Å². The molecule has 2 aliphatic rings. The molecule has 9 N–H and O–H groups in total. The van der Waals surface area contributed by atoms with Crippen molar-refractivity contribution < 1.29 is 64.6 Å². The van der Waals surface area contributed by atoms with Gasteiger partial charge in [0.05, 0.1) is 32.0 Å². The molecule has 0 aliphatic carbocycles. The second-order valence-electron chi connectivity index (χ2n) is 21.5. The molecule has 14 nitrogen and oxygen atoms in total. The Kier molecular flexibility index (Phi) is 43.6. The summed E-state index contributed by atoms with van der Waals surface area (Å²) in [4.78, 5) is 13.3. The van der Waals surface area contributed by atoms with Crippen molar-refractivity contribution in [2.45, 2.75) is 306 Å². The maximum Gasteiger partial charge on any atom is 0.220 e. The number of aliphatic hydroxyl groups is 8. The summed E-state index contributed by atoms with van der Waals surface area (Å²) in [5.41, 5.74) is 0. The van der Waals surface area contributed by atoms with Crippen LogP contribution >= 0.6 is 0 Å². The minimum atomic E-state index is -1.79. The van der Waals surface area contributed by atoms with Gasteiger partial charge >= 0.3 is 0 Å². The van der Waals surface area contributed by atoms with Gasteiger partial charge in [-0.2, -0.15) is 0 Å². The lowest BCUT2D eigenvalue weighted by molar-refractivity contribution is -0.359. The second-order valence-corrected chi connectivity index (χ2v) is 21.5. The molecule has 0 aromatic heterocycles. The molecule has 76 heavy (non-hydrogen) atoms. The van der Waals surface area contributed by atoms with E-state index in [2.05, 4.69) is 67.8 Å². The van der Waals surface area contributed by atoms with Crippen molar-refractivity contribution in [3.63, 3.8) is 0 Å². The standard InChI is InChI=1S/C62H111NO13/c1-3-5-7-9-11-13-15-17-19-21-23-24-25-26-28-30-32-34-36-38-40-42-44-46-54(67)63-50(51(66)45-43-41-39-37-35-33-31-29-27-22-20-18-16-14-12-10-8-6-4-2)49-73-61-59(72)57(70)60(53(48-65)75-61)76-62-58(71)56(69)55(68)52(47-64)74-62/h15,17,21,23,25-26,35,37,43,45,50-53,55-62,64-66,68-72H,3-14,16,18-20,22,24,27-34,36,38-42,44,46-49H2,1-2H3,(H,63,67)/b17-15-,23-21-,26-25-,37-35+,45-43+. The average Bonchev–Trinajstić information content (AvgIpc) is 3.42. The van der Waals surface area contributed by atoms with E-state index in [9.17, 15) is 45.6 Å². The minimum absolute atomic E-state index is 0.257. The van der Waals surface area contributed by atoms with E-state index >= 15 is 0 Å². The molecule has 12 atom stereocenters. The van der Waals surface area contributed by atoms with Gasteiger partial charge in [-0.25, -0.2) is 0 Å². The molecule has 2 rings (SSSR count). The quantitative estimate of drug-likeness (QED) is 0.0204. The van der Waals surface area contributed by atoms with Gasteiger partial charge in [0.25, 0.3) is 0 Å². The number of carbonyl (C=O) groups is 1. The highest BCUT2D eigenvalue weighted by atomic mass is 16.7. The summed E-state index contributed by atoms with van der Waals surface area (Å²) in [6.07, 6.45) is 44.0. The molecular formula is C62H111NO13. The number of hydrogen-bond donors (Lipinski definition) is 9. The van der Waals surface area contributed by atoms with Crippen LogP contribution in [0.15, 0.2) is 60.8 Å². The summed E-state index contributed by atoms with van der Waals surface area (Å²) < 4.78 is 22.8. The Morgan fingerprint density at radius 2 is 0.882 bits per heavy atom. The molecule has 2 heterocycles. The lowest BCUT2D eigenvalue weighted by Gasteiger charge is -2.46. The molecule has 2 fully saturated rings. The summed E-state index contributed by atoms with van der Waals surface area (Å²) in [7, 11) is 0. The van der Waals surface area contributed by atoms with Gasteiger partial charge in [-0.05, 0) is 70.6 Å². The van der Waals surface area contributed by atoms with E-state index in [-0.39, 0.29) is 18.9 Å². The Labute approximate surface area is 460 Å². The van der Waals surface area contributed by atoms with Crippen LogP contribution in [-0.4, -0.2) is 140 Å². The molecule has 0 aromatic rings. The number of ether oxygens (including phenoxy) is 4. The number of hydrogen-bond acceptors (Lipinski definition) is 13. The zero-order chi connectivity index (χ0) is 55.3. The van der Waals surface area contributed by atoms with E-state index in [1.807, 2.05) is 6.08 Å². The Morgan fingerprint density at radius 1 is 0.474 bits per heavy atom. The third kappa shape index (κ3) is 32.7. The van der Waals surface area contributed by atoms with Crippen molar-refractivity contribution in [2.24, 2.45) is 0 Å². The average molecular weight is 1080 g/mol. The van der Waals surface area contributed by atoms with E-state index in [4.69, 9.17) is 18.9 Å². The van der Waals surface area contributed by atoms with Gasteiger partial charge in [0.2, 0.25) is 5.91 Å². The zero-order valence-electron chi connectivity index (χ0n) is 47.5. The predicted octanol–water partition coefficient (Wildman–Crippen LogP) is 10.6. The first-order valence-corrected chi connectivity index (χ1v) is 30.5. The molecule has 2 aliphatic heterocycles. The third-order valence-corrected chi connectivity index (χ3v) is 14.7. The predicted molar refractivity (Wildman–Crippen MR) is 304 cm³/mol. The molecular weight excluding hydrogens is 967 g/mol. The Hall–Kier alpha value is -2.31. The summed E-state index contributed by atoms with van der Waals surface area (Å²) >= 11 is 0. The number of rotatable bonds is 48. The van der Waals surface area contributed by atoms with Crippen LogP contribution in [0.2, 0.25) is 0 Å². The number of nitrogens with one attached hydrogen (secondary N) is 1. The number of carbonyl (C=O) groups excluding carboxylic acids is 1. The monoisotopic (exact) mass is 1080 g/mol. The molecule has 0 saturated carbocycles. The van der Waals surface area contributed by atoms with Crippen molar-refractivity contribution in [1.29, 1.82) is 0 Å². The third-order valence-electron chi connectivity index (χ3n) is 14.7. The molecule has 12 unspecified atom stereocenters. The topological polar surface area (TPSA) is 228 Å². The maximum absolute atomic E-state index is 13.3. The van der Waals surface area contributed by atoms with Crippen molar-refractivity contribution in [2.75, 3.05) is 19.8 Å². The van der Waals surface area contributed by atoms with Crippen LogP contribution < -0.4 is 5.32 Å². The Balaban J connectivity index is 1.78. The first-order valence-electron chi connectivity index (χ1n) is 30.5. The SMILES string of the molecule is CCCCCCC/C=C\C/C=C\C/C=C\CCCCCCCCCCC(=O)NC(COC1OC(CO)C(OC2OC(CO)C(O)C(O)C2O)C(O)C1O)C(O)/C=C/CC/C=C/CCCCCCCCCCCCCCC. The fourth-order valence-electron chi connectivity index (χ4n) is 9.73. The van der Waals surface area contributed by atoms with Gasteiger partial charge < -0.3 is 65.1 Å². The molecule has 0 spiro atoms. The molecule has 0 bridgehead atoms. The van der Waals surface area contributed by atoms with Gasteiger partial charge in [0.1, 0.15) is 48.8 Å². The van der Waals surface area contributed by atoms with Gasteiger partial charge in [0.15, 0.2) is 12.6 Å². The summed E-state index contributed by atoms with van der Waals surface area (Å²) in [5, 5.41) is 87.1. The minimum Gasteiger partial charge on any atom is -0.394 e. The van der Waals surface area contributed by atoms with Crippen molar-refractivity contribution >= 4 is 5.91 Å². The van der Waals surface area contributed by atoms with Gasteiger partial charge in [0, 0.05) is 6.42 Å². The molecule has 0 aromatic carbocycles. The van der Waals surface area contributed by atoms with Crippen molar-refractivity contribution in [1.82, 2.24) is 5.32 Å². The highest BCUT2D eigenvalue weighted by Crippen LogP contribution is 2.30. The molecule has 14 heteroatoms. The lowest BCUT2D eigenvalue weighted by Crippen LogP contribution is -2.65. The Bertz CT molecular complexity index is 1510. The summed E-state index contributed by atoms with van der Waals surface area (Å²) in [6, 6.07) is -0.938. The smallest absolute Gasteiger partial charge is 0.220 e. The van der Waals surface area contributed by atoms with Crippen LogP contribution in [0, 0.1) is 0 Å². The van der Waals surface area contributed by atoms with E-state index in [0.717, 1.165) is 51.4 Å². The first-order chi connectivity index (χ1) is 37.1. The lowest BCUT2D eigenvalue weighted by atomic mass is 9.97. The number of aliphatic hydroxyl groups excluding tert-OH is 8.